The van der Waals surface area contributed by atoms with Crippen LogP contribution in [0.2, 0.25) is 0 Å². The third-order valence-corrected chi connectivity index (χ3v) is 2.52. The van der Waals surface area contributed by atoms with Gasteiger partial charge < -0.3 is 16.2 Å². The number of aliphatic hydroxyl groups is 1. The maximum absolute atomic E-state index is 8.62. The number of pyridine rings is 1. The summed E-state index contributed by atoms with van der Waals surface area (Å²) in [6, 6.07) is 3.77. The van der Waals surface area contributed by atoms with Gasteiger partial charge in [0.15, 0.2) is 0 Å². The van der Waals surface area contributed by atoms with Gasteiger partial charge in [-0.25, -0.2) is 4.98 Å². The molecule has 0 atom stereocenters. The molecule has 4 heteroatoms. The lowest BCUT2D eigenvalue weighted by atomic mass is 10.2. The van der Waals surface area contributed by atoms with Crippen molar-refractivity contribution in [2.75, 3.05) is 24.2 Å². The van der Waals surface area contributed by atoms with E-state index in [2.05, 4.69) is 10.3 Å². The SMILES string of the molecule is Cc1nc(NCCCCCCO)ccc1N. The highest BCUT2D eigenvalue weighted by atomic mass is 16.2. The minimum Gasteiger partial charge on any atom is -0.397 e. The van der Waals surface area contributed by atoms with Crippen molar-refractivity contribution in [3.05, 3.63) is 17.8 Å². The van der Waals surface area contributed by atoms with Crippen LogP contribution in [0.4, 0.5) is 11.5 Å². The van der Waals surface area contributed by atoms with Gasteiger partial charge in [-0.2, -0.15) is 0 Å². The molecule has 0 saturated heterocycles. The third-order valence-electron chi connectivity index (χ3n) is 2.52. The second-order valence-electron chi connectivity index (χ2n) is 3.94. The van der Waals surface area contributed by atoms with E-state index in [4.69, 9.17) is 10.8 Å². The quantitative estimate of drug-likeness (QED) is 0.618. The Hall–Kier alpha value is -1.29. The van der Waals surface area contributed by atoms with E-state index >= 15 is 0 Å². The van der Waals surface area contributed by atoms with Gasteiger partial charge in [0.05, 0.1) is 11.4 Å². The number of rotatable bonds is 7. The second kappa shape index (κ2) is 7.06. The molecule has 4 nitrogen and oxygen atoms in total. The van der Waals surface area contributed by atoms with Gasteiger partial charge >= 0.3 is 0 Å². The fourth-order valence-corrected chi connectivity index (χ4v) is 1.48. The standard InChI is InChI=1S/C12H21N3O/c1-10-11(13)6-7-12(15-10)14-8-4-2-3-5-9-16/h6-7,16H,2-5,8-9,13H2,1H3,(H,14,15). The number of nitrogen functional groups attached to an aromatic ring is 1. The van der Waals surface area contributed by atoms with Gasteiger partial charge in [-0.1, -0.05) is 12.8 Å². The Labute approximate surface area is 96.9 Å². The Balaban J connectivity index is 2.19. The van der Waals surface area contributed by atoms with Crippen molar-refractivity contribution in [2.24, 2.45) is 0 Å². The Morgan fingerprint density at radius 3 is 2.69 bits per heavy atom. The lowest BCUT2D eigenvalue weighted by Crippen LogP contribution is -2.05. The molecule has 1 heterocycles. The summed E-state index contributed by atoms with van der Waals surface area (Å²) in [4.78, 5) is 4.33. The highest BCUT2D eigenvalue weighted by molar-refractivity contribution is 5.48. The number of aromatic nitrogens is 1. The summed E-state index contributed by atoms with van der Waals surface area (Å²) in [5.74, 6) is 0.883. The largest absolute Gasteiger partial charge is 0.397 e. The van der Waals surface area contributed by atoms with E-state index in [0.29, 0.717) is 6.61 Å². The van der Waals surface area contributed by atoms with Crippen molar-refractivity contribution < 1.29 is 5.11 Å². The summed E-state index contributed by atoms with van der Waals surface area (Å²) in [5.41, 5.74) is 7.28. The topological polar surface area (TPSA) is 71.2 Å². The molecule has 0 saturated carbocycles. The molecular weight excluding hydrogens is 202 g/mol. The first-order valence-electron chi connectivity index (χ1n) is 5.82. The minimum atomic E-state index is 0.298. The number of nitrogens with one attached hydrogen (secondary N) is 1. The molecule has 0 bridgehead atoms. The van der Waals surface area contributed by atoms with E-state index < -0.39 is 0 Å². The molecule has 0 aliphatic heterocycles. The Morgan fingerprint density at radius 1 is 1.25 bits per heavy atom. The van der Waals surface area contributed by atoms with Crippen LogP contribution in [0.25, 0.3) is 0 Å². The van der Waals surface area contributed by atoms with Crippen LogP contribution in [0.15, 0.2) is 12.1 Å². The van der Waals surface area contributed by atoms with Gasteiger partial charge in [-0.3, -0.25) is 0 Å². The van der Waals surface area contributed by atoms with Gasteiger partial charge in [-0.05, 0) is 31.9 Å². The fourth-order valence-electron chi connectivity index (χ4n) is 1.48. The molecule has 0 aliphatic carbocycles. The van der Waals surface area contributed by atoms with Crippen LogP contribution in [0.1, 0.15) is 31.4 Å². The van der Waals surface area contributed by atoms with Gasteiger partial charge in [-0.15, -0.1) is 0 Å². The molecule has 0 aliphatic rings. The molecule has 16 heavy (non-hydrogen) atoms. The van der Waals surface area contributed by atoms with Crippen molar-refractivity contribution in [1.82, 2.24) is 4.98 Å². The van der Waals surface area contributed by atoms with Crippen molar-refractivity contribution in [1.29, 1.82) is 0 Å². The summed E-state index contributed by atoms with van der Waals surface area (Å²) in [6.07, 6.45) is 4.23. The average molecular weight is 223 g/mol. The predicted molar refractivity (Wildman–Crippen MR) is 67.4 cm³/mol. The summed E-state index contributed by atoms with van der Waals surface area (Å²) in [6.45, 7) is 3.12. The number of unbranched alkanes of at least 4 members (excludes halogenated alkanes) is 3. The maximum atomic E-state index is 8.62. The molecule has 0 spiro atoms. The van der Waals surface area contributed by atoms with Gasteiger partial charge in [0, 0.05) is 13.2 Å². The monoisotopic (exact) mass is 223 g/mol. The smallest absolute Gasteiger partial charge is 0.126 e. The lowest BCUT2D eigenvalue weighted by Gasteiger charge is -2.07. The predicted octanol–water partition coefficient (Wildman–Crippen LogP) is 1.94. The van der Waals surface area contributed by atoms with Gasteiger partial charge in [0.25, 0.3) is 0 Å². The number of hydrogen-bond donors (Lipinski definition) is 3. The molecule has 1 rings (SSSR count). The van der Waals surface area contributed by atoms with Crippen LogP contribution in [0.5, 0.6) is 0 Å². The first-order chi connectivity index (χ1) is 7.74. The Kier molecular flexibility index (Phi) is 5.64. The number of nitrogens with zero attached hydrogens (tertiary/aromatic N) is 1. The van der Waals surface area contributed by atoms with Crippen molar-refractivity contribution in [3.8, 4) is 0 Å². The van der Waals surface area contributed by atoms with Crippen LogP contribution in [0, 0.1) is 6.92 Å². The molecule has 0 fully saturated rings. The Morgan fingerprint density at radius 2 is 2.00 bits per heavy atom. The molecule has 4 N–H and O–H groups in total. The molecule has 1 aromatic rings. The molecule has 1 aromatic heterocycles. The molecular formula is C12H21N3O. The zero-order valence-electron chi connectivity index (χ0n) is 9.87. The molecule has 0 amide bonds. The summed E-state index contributed by atoms with van der Waals surface area (Å²) in [7, 11) is 0. The first kappa shape index (κ1) is 12.8. The Bertz CT molecular complexity index is 315. The van der Waals surface area contributed by atoms with E-state index in [-0.39, 0.29) is 0 Å². The molecule has 0 radical (unpaired) electrons. The van der Waals surface area contributed by atoms with Crippen molar-refractivity contribution in [2.45, 2.75) is 32.6 Å². The first-order valence-corrected chi connectivity index (χ1v) is 5.82. The molecule has 90 valence electrons. The minimum absolute atomic E-state index is 0.298. The van der Waals surface area contributed by atoms with Crippen molar-refractivity contribution >= 4 is 11.5 Å². The van der Waals surface area contributed by atoms with E-state index in [0.717, 1.165) is 49.4 Å². The van der Waals surface area contributed by atoms with E-state index in [1.54, 1.807) is 0 Å². The summed E-state index contributed by atoms with van der Waals surface area (Å²) < 4.78 is 0. The summed E-state index contributed by atoms with van der Waals surface area (Å²) in [5, 5.41) is 11.9. The normalized spacial score (nSPS) is 10.4. The molecule has 0 unspecified atom stereocenters. The maximum Gasteiger partial charge on any atom is 0.126 e. The van der Waals surface area contributed by atoms with E-state index in [1.807, 2.05) is 19.1 Å². The number of aliphatic hydroxyl groups excluding tert-OH is 1. The number of anilines is 2. The number of aryl methyl sites for hydroxylation is 1. The molecule has 0 aromatic carbocycles. The van der Waals surface area contributed by atoms with Crippen LogP contribution >= 0.6 is 0 Å². The zero-order chi connectivity index (χ0) is 11.8. The highest BCUT2D eigenvalue weighted by Crippen LogP contribution is 2.11. The zero-order valence-corrected chi connectivity index (χ0v) is 9.87. The summed E-state index contributed by atoms with van der Waals surface area (Å²) >= 11 is 0. The number of hydrogen-bond acceptors (Lipinski definition) is 4. The fraction of sp³-hybridized carbons (Fsp3) is 0.583. The highest BCUT2D eigenvalue weighted by Gasteiger charge is 1.97. The van der Waals surface area contributed by atoms with Crippen LogP contribution < -0.4 is 11.1 Å². The van der Waals surface area contributed by atoms with Crippen molar-refractivity contribution in [3.63, 3.8) is 0 Å². The van der Waals surface area contributed by atoms with Gasteiger partial charge in [0.2, 0.25) is 0 Å². The van der Waals surface area contributed by atoms with Crippen LogP contribution in [-0.2, 0) is 0 Å². The average Bonchev–Trinajstić information content (AvgIpc) is 2.28. The second-order valence-corrected chi connectivity index (χ2v) is 3.94. The lowest BCUT2D eigenvalue weighted by molar-refractivity contribution is 0.283. The van der Waals surface area contributed by atoms with E-state index in [1.165, 1.54) is 0 Å². The van der Waals surface area contributed by atoms with Crippen LogP contribution in [-0.4, -0.2) is 23.2 Å². The van der Waals surface area contributed by atoms with E-state index in [9.17, 15) is 0 Å². The van der Waals surface area contributed by atoms with Gasteiger partial charge in [0.1, 0.15) is 5.82 Å². The van der Waals surface area contributed by atoms with Crippen LogP contribution in [0.3, 0.4) is 0 Å². The third kappa shape index (κ3) is 4.49. The number of nitrogens with two attached hydrogens (primary N) is 1.